The summed E-state index contributed by atoms with van der Waals surface area (Å²) < 4.78 is 8.57. The molecular weight excluding hydrogens is 709 g/mol. The van der Waals surface area contributed by atoms with Gasteiger partial charge >= 0.3 is 0 Å². The molecule has 0 radical (unpaired) electrons. The van der Waals surface area contributed by atoms with Crippen molar-refractivity contribution in [3.8, 4) is 39.9 Å². The van der Waals surface area contributed by atoms with Crippen LogP contribution in [0.2, 0.25) is 0 Å². The SMILES string of the molecule is CC.c1ccc(-c2nc(-c3ccc4ccccc4c3)nc(-n3c4c(-c5ccc6oc7ccccc7c6c5)cccc4c4c5ccccc5c5ccccc5c43)n2)cc1. The third-order valence-corrected chi connectivity index (χ3v) is 11.2. The minimum atomic E-state index is 0.560. The van der Waals surface area contributed by atoms with Crippen molar-refractivity contribution < 1.29 is 4.42 Å². The summed E-state index contributed by atoms with van der Waals surface area (Å²) in [6.07, 6.45) is 0. The summed E-state index contributed by atoms with van der Waals surface area (Å²) >= 11 is 0. The van der Waals surface area contributed by atoms with E-state index in [9.17, 15) is 0 Å². The van der Waals surface area contributed by atoms with Gasteiger partial charge in [-0.3, -0.25) is 4.57 Å². The van der Waals surface area contributed by atoms with Crippen LogP contribution in [-0.2, 0) is 0 Å². The first kappa shape index (κ1) is 33.7. The fourth-order valence-electron chi connectivity index (χ4n) is 8.69. The van der Waals surface area contributed by atoms with E-state index in [4.69, 9.17) is 19.4 Å². The zero-order valence-electron chi connectivity index (χ0n) is 32.0. The van der Waals surface area contributed by atoms with E-state index in [1.807, 2.05) is 44.2 Å². The lowest BCUT2D eigenvalue weighted by Gasteiger charge is -2.14. The number of rotatable bonds is 4. The van der Waals surface area contributed by atoms with Gasteiger partial charge in [0.2, 0.25) is 5.95 Å². The van der Waals surface area contributed by atoms with E-state index in [1.165, 1.54) is 26.9 Å². The Morgan fingerprint density at radius 3 is 1.79 bits per heavy atom. The van der Waals surface area contributed by atoms with Crippen molar-refractivity contribution in [3.05, 3.63) is 182 Å². The first-order chi connectivity index (χ1) is 28.8. The molecule has 3 aromatic heterocycles. The molecule has 0 atom stereocenters. The quantitative estimate of drug-likeness (QED) is 0.168. The molecule has 5 heteroatoms. The summed E-state index contributed by atoms with van der Waals surface area (Å²) in [5.41, 5.74) is 7.85. The Hall–Kier alpha value is -7.63. The van der Waals surface area contributed by atoms with Crippen LogP contribution in [0.3, 0.4) is 0 Å². The predicted octanol–water partition coefficient (Wildman–Crippen LogP) is 14.4. The van der Waals surface area contributed by atoms with Gasteiger partial charge < -0.3 is 4.42 Å². The average molecular weight is 745 g/mol. The molecule has 0 aliphatic heterocycles. The van der Waals surface area contributed by atoms with Gasteiger partial charge in [-0.1, -0.05) is 172 Å². The van der Waals surface area contributed by atoms with Gasteiger partial charge in [-0.2, -0.15) is 9.97 Å². The summed E-state index contributed by atoms with van der Waals surface area (Å²) in [7, 11) is 0. The number of furan rings is 1. The van der Waals surface area contributed by atoms with Crippen LogP contribution in [0.1, 0.15) is 13.8 Å². The Morgan fingerprint density at radius 1 is 0.379 bits per heavy atom. The van der Waals surface area contributed by atoms with Gasteiger partial charge in [0.05, 0.1) is 11.0 Å². The Kier molecular flexibility index (Phi) is 7.86. The lowest BCUT2D eigenvalue weighted by Crippen LogP contribution is -2.07. The standard InChI is InChI=1S/C51H30N4O.C2H6/c1-2-14-32(15-3-1)49-52-50(35-26-25-31-13-4-5-16-33(31)29-35)54-51(53-49)55-47-36(34-27-28-45-43(30-34)39-19-10-11-24-44(39)56-45)22-12-23-42(47)46-40-20-8-6-17-37(40)38-18-7-9-21-41(38)48(46)55;1-2/h1-30H;1-2H3. The molecule has 12 rings (SSSR count). The van der Waals surface area contributed by atoms with Crippen LogP contribution < -0.4 is 0 Å². The lowest BCUT2D eigenvalue weighted by atomic mass is 9.95. The molecule has 9 aromatic carbocycles. The highest BCUT2D eigenvalue weighted by molar-refractivity contribution is 6.33. The van der Waals surface area contributed by atoms with Gasteiger partial charge in [-0.15, -0.1) is 0 Å². The van der Waals surface area contributed by atoms with Crippen LogP contribution in [0, 0.1) is 0 Å². The second-order valence-corrected chi connectivity index (χ2v) is 14.4. The fourth-order valence-corrected chi connectivity index (χ4v) is 8.69. The molecule has 0 aliphatic rings. The van der Waals surface area contributed by atoms with Crippen molar-refractivity contribution in [2.75, 3.05) is 0 Å². The van der Waals surface area contributed by atoms with Gasteiger partial charge in [0.25, 0.3) is 0 Å². The first-order valence-corrected chi connectivity index (χ1v) is 19.9. The van der Waals surface area contributed by atoms with E-state index in [1.54, 1.807) is 0 Å². The minimum Gasteiger partial charge on any atom is -0.456 e. The van der Waals surface area contributed by atoms with Crippen LogP contribution in [-0.4, -0.2) is 19.5 Å². The lowest BCUT2D eigenvalue weighted by molar-refractivity contribution is 0.669. The number of aromatic nitrogens is 4. The fraction of sp³-hybridized carbons (Fsp3) is 0.0377. The van der Waals surface area contributed by atoms with Crippen molar-refractivity contribution in [2.24, 2.45) is 0 Å². The first-order valence-electron chi connectivity index (χ1n) is 19.9. The molecule has 0 bridgehead atoms. The normalized spacial score (nSPS) is 11.6. The molecule has 0 saturated heterocycles. The molecule has 3 heterocycles. The molecule has 12 aromatic rings. The monoisotopic (exact) mass is 744 g/mol. The van der Waals surface area contributed by atoms with Crippen molar-refractivity contribution in [3.63, 3.8) is 0 Å². The highest BCUT2D eigenvalue weighted by Crippen LogP contribution is 2.45. The summed E-state index contributed by atoms with van der Waals surface area (Å²) in [5.74, 6) is 1.79. The van der Waals surface area contributed by atoms with Gasteiger partial charge in [-0.05, 0) is 56.8 Å². The Bertz CT molecular complexity index is 3540. The summed E-state index contributed by atoms with van der Waals surface area (Å²) in [6, 6.07) is 63.9. The third-order valence-electron chi connectivity index (χ3n) is 11.2. The molecule has 0 amide bonds. The molecule has 0 aliphatic carbocycles. The maximum absolute atomic E-state index is 6.27. The van der Waals surface area contributed by atoms with Crippen molar-refractivity contribution in [1.29, 1.82) is 0 Å². The average Bonchev–Trinajstić information content (AvgIpc) is 3.86. The Balaban J connectivity index is 0.00000190. The highest BCUT2D eigenvalue weighted by Gasteiger charge is 2.24. The summed E-state index contributed by atoms with van der Waals surface area (Å²) in [6.45, 7) is 4.00. The van der Waals surface area contributed by atoms with E-state index in [2.05, 4.69) is 156 Å². The molecule has 5 nitrogen and oxygen atoms in total. The molecule has 0 saturated carbocycles. The molecule has 0 unspecified atom stereocenters. The summed E-state index contributed by atoms with van der Waals surface area (Å²) in [5, 5.41) is 11.5. The molecule has 0 N–H and O–H groups in total. The van der Waals surface area contributed by atoms with E-state index < -0.39 is 0 Å². The Morgan fingerprint density at radius 2 is 0.983 bits per heavy atom. The maximum Gasteiger partial charge on any atom is 0.238 e. The van der Waals surface area contributed by atoms with Crippen LogP contribution in [0.25, 0.3) is 116 Å². The van der Waals surface area contributed by atoms with E-state index >= 15 is 0 Å². The van der Waals surface area contributed by atoms with Crippen molar-refractivity contribution in [2.45, 2.75) is 13.8 Å². The molecule has 0 spiro atoms. The van der Waals surface area contributed by atoms with Crippen LogP contribution in [0.5, 0.6) is 0 Å². The van der Waals surface area contributed by atoms with Crippen molar-refractivity contribution in [1.82, 2.24) is 19.5 Å². The third kappa shape index (κ3) is 5.21. The number of para-hydroxylation sites is 2. The number of hydrogen-bond donors (Lipinski definition) is 0. The maximum atomic E-state index is 6.27. The zero-order chi connectivity index (χ0) is 38.7. The van der Waals surface area contributed by atoms with Crippen LogP contribution in [0.4, 0.5) is 0 Å². The molecule has 274 valence electrons. The van der Waals surface area contributed by atoms with Crippen molar-refractivity contribution >= 4 is 76.1 Å². The predicted molar refractivity (Wildman–Crippen MR) is 242 cm³/mol. The second-order valence-electron chi connectivity index (χ2n) is 14.4. The van der Waals surface area contributed by atoms with E-state index in [0.717, 1.165) is 71.4 Å². The zero-order valence-corrected chi connectivity index (χ0v) is 32.0. The molecule has 58 heavy (non-hydrogen) atoms. The number of fused-ring (bicyclic) bond motifs is 12. The van der Waals surface area contributed by atoms with E-state index in [0.29, 0.717) is 17.6 Å². The summed E-state index contributed by atoms with van der Waals surface area (Å²) in [4.78, 5) is 15.9. The van der Waals surface area contributed by atoms with Gasteiger partial charge in [0.15, 0.2) is 11.6 Å². The number of benzene rings is 9. The molecular formula is C53H36N4O. The van der Waals surface area contributed by atoms with Gasteiger partial charge in [0.1, 0.15) is 11.2 Å². The minimum absolute atomic E-state index is 0.560. The second kappa shape index (κ2) is 13.5. The van der Waals surface area contributed by atoms with Crippen LogP contribution >= 0.6 is 0 Å². The topological polar surface area (TPSA) is 56.7 Å². The van der Waals surface area contributed by atoms with E-state index in [-0.39, 0.29) is 0 Å². The largest absolute Gasteiger partial charge is 0.456 e. The van der Waals surface area contributed by atoms with Crippen LogP contribution in [0.15, 0.2) is 186 Å². The Labute approximate surface area is 334 Å². The molecule has 0 fully saturated rings. The number of hydrogen-bond acceptors (Lipinski definition) is 4. The highest BCUT2D eigenvalue weighted by atomic mass is 16.3. The number of nitrogens with zero attached hydrogens (tertiary/aromatic N) is 4. The van der Waals surface area contributed by atoms with Gasteiger partial charge in [0, 0.05) is 43.6 Å². The smallest absolute Gasteiger partial charge is 0.238 e. The van der Waals surface area contributed by atoms with Gasteiger partial charge in [-0.25, -0.2) is 4.98 Å².